The Bertz CT molecular complexity index is 734. The minimum atomic E-state index is -0.475. The Morgan fingerprint density at radius 1 is 1.24 bits per heavy atom. The number of fused-ring (bicyclic) bond motifs is 1. The first kappa shape index (κ1) is 9.64. The van der Waals surface area contributed by atoms with Crippen LogP contribution in [0, 0.1) is 5.82 Å². The third-order valence-corrected chi connectivity index (χ3v) is 2.31. The van der Waals surface area contributed by atoms with Crippen LogP contribution in [0.25, 0.3) is 22.6 Å². The lowest BCUT2D eigenvalue weighted by Crippen LogP contribution is -2.10. The van der Waals surface area contributed by atoms with Crippen LogP contribution in [0.3, 0.4) is 0 Å². The van der Waals surface area contributed by atoms with Crippen molar-refractivity contribution < 1.29 is 4.39 Å². The molecule has 0 amide bonds. The van der Waals surface area contributed by atoms with Crippen LogP contribution >= 0.6 is 0 Å². The van der Waals surface area contributed by atoms with Crippen LogP contribution in [-0.4, -0.2) is 25.1 Å². The molecule has 0 fully saturated rings. The molecule has 0 saturated heterocycles. The quantitative estimate of drug-likeness (QED) is 0.649. The highest BCUT2D eigenvalue weighted by molar-refractivity contribution is 5.78. The van der Waals surface area contributed by atoms with Crippen molar-refractivity contribution in [2.45, 2.75) is 0 Å². The summed E-state index contributed by atoms with van der Waals surface area (Å²) in [4.78, 5) is 22.3. The highest BCUT2D eigenvalue weighted by atomic mass is 19.1. The summed E-state index contributed by atoms with van der Waals surface area (Å²) in [5.41, 5.74) is -0.0116. The van der Waals surface area contributed by atoms with Gasteiger partial charge in [0.15, 0.2) is 11.6 Å². The lowest BCUT2D eigenvalue weighted by Gasteiger charge is -1.99. The maximum atomic E-state index is 13.0. The summed E-state index contributed by atoms with van der Waals surface area (Å²) >= 11 is 0. The first-order valence-electron chi connectivity index (χ1n) is 4.79. The molecule has 2 N–H and O–H groups in total. The minimum absolute atomic E-state index is 0.202. The first-order valence-corrected chi connectivity index (χ1v) is 4.79. The molecule has 3 rings (SSSR count). The van der Waals surface area contributed by atoms with Crippen LogP contribution in [0.5, 0.6) is 0 Å². The molecule has 7 heteroatoms. The van der Waals surface area contributed by atoms with E-state index >= 15 is 0 Å². The standard InChI is InChI=1S/C10H6FN5O/c11-5-1-2-7-6(3-5)10(17)15-9(14-7)8-12-4-13-16-8/h1-4H,(H,12,13,16)(H,14,15,17). The Hall–Kier alpha value is -2.57. The number of hydrogen-bond donors (Lipinski definition) is 2. The molecule has 2 heterocycles. The fraction of sp³-hybridized carbons (Fsp3) is 0. The van der Waals surface area contributed by atoms with Gasteiger partial charge in [-0.3, -0.25) is 9.89 Å². The predicted molar refractivity (Wildman–Crippen MR) is 57.7 cm³/mol. The van der Waals surface area contributed by atoms with Crippen molar-refractivity contribution in [2.75, 3.05) is 0 Å². The summed E-state index contributed by atoms with van der Waals surface area (Å²) in [5.74, 6) is 0.150. The number of aromatic amines is 2. The third-order valence-electron chi connectivity index (χ3n) is 2.31. The zero-order valence-electron chi connectivity index (χ0n) is 8.44. The normalized spacial score (nSPS) is 10.9. The Kier molecular flexibility index (Phi) is 1.97. The van der Waals surface area contributed by atoms with Crippen LogP contribution in [-0.2, 0) is 0 Å². The van der Waals surface area contributed by atoms with E-state index in [0.29, 0.717) is 11.3 Å². The summed E-state index contributed by atoms with van der Waals surface area (Å²) in [6.07, 6.45) is 1.31. The second-order valence-electron chi connectivity index (χ2n) is 3.41. The lowest BCUT2D eigenvalue weighted by atomic mass is 10.2. The Balaban J connectivity index is 2.32. The third kappa shape index (κ3) is 1.57. The van der Waals surface area contributed by atoms with Crippen LogP contribution in [0.15, 0.2) is 29.3 Å². The van der Waals surface area contributed by atoms with Gasteiger partial charge in [0.05, 0.1) is 10.9 Å². The number of H-pyrrole nitrogens is 2. The van der Waals surface area contributed by atoms with Crippen molar-refractivity contribution in [2.24, 2.45) is 0 Å². The van der Waals surface area contributed by atoms with Gasteiger partial charge in [0, 0.05) is 0 Å². The zero-order chi connectivity index (χ0) is 11.8. The van der Waals surface area contributed by atoms with Crippen molar-refractivity contribution in [3.8, 4) is 11.6 Å². The summed E-state index contributed by atoms with van der Waals surface area (Å²) in [6.45, 7) is 0. The van der Waals surface area contributed by atoms with Gasteiger partial charge in [-0.25, -0.2) is 14.4 Å². The Morgan fingerprint density at radius 2 is 2.12 bits per heavy atom. The van der Waals surface area contributed by atoms with Gasteiger partial charge in [0.25, 0.3) is 5.56 Å². The smallest absolute Gasteiger partial charge is 0.259 e. The largest absolute Gasteiger partial charge is 0.303 e. The molecule has 0 atom stereocenters. The van der Waals surface area contributed by atoms with Gasteiger partial charge in [-0.15, -0.1) is 0 Å². The van der Waals surface area contributed by atoms with Crippen molar-refractivity contribution in [3.63, 3.8) is 0 Å². The fourth-order valence-electron chi connectivity index (χ4n) is 1.54. The SMILES string of the molecule is O=c1[nH]c(-c2ncn[nH]2)nc2ccc(F)cc12. The number of aromatic nitrogens is 5. The molecule has 2 aromatic heterocycles. The molecule has 3 aromatic rings. The van der Waals surface area contributed by atoms with Crippen molar-refractivity contribution in [3.05, 3.63) is 40.7 Å². The summed E-state index contributed by atoms with van der Waals surface area (Å²) in [7, 11) is 0. The second kappa shape index (κ2) is 3.48. The van der Waals surface area contributed by atoms with E-state index in [4.69, 9.17) is 0 Å². The van der Waals surface area contributed by atoms with Crippen LogP contribution < -0.4 is 5.56 Å². The van der Waals surface area contributed by atoms with Gasteiger partial charge in [-0.1, -0.05) is 0 Å². The molecular weight excluding hydrogens is 225 g/mol. The van der Waals surface area contributed by atoms with Gasteiger partial charge >= 0.3 is 0 Å². The lowest BCUT2D eigenvalue weighted by molar-refractivity contribution is 0.629. The van der Waals surface area contributed by atoms with Crippen LogP contribution in [0.1, 0.15) is 0 Å². The van der Waals surface area contributed by atoms with Crippen molar-refractivity contribution >= 4 is 10.9 Å². The molecule has 84 valence electrons. The minimum Gasteiger partial charge on any atom is -0.303 e. The van der Waals surface area contributed by atoms with Gasteiger partial charge in [0.1, 0.15) is 12.1 Å². The number of hydrogen-bond acceptors (Lipinski definition) is 4. The van der Waals surface area contributed by atoms with Crippen molar-refractivity contribution in [1.82, 2.24) is 25.1 Å². The molecule has 0 aliphatic carbocycles. The molecule has 6 nitrogen and oxygen atoms in total. The average molecular weight is 231 g/mol. The molecule has 17 heavy (non-hydrogen) atoms. The molecule has 0 aliphatic heterocycles. The second-order valence-corrected chi connectivity index (χ2v) is 3.41. The average Bonchev–Trinajstić information content (AvgIpc) is 2.83. The topological polar surface area (TPSA) is 87.3 Å². The number of nitrogens with zero attached hydrogens (tertiary/aromatic N) is 3. The first-order chi connectivity index (χ1) is 8.24. The highest BCUT2D eigenvalue weighted by Crippen LogP contribution is 2.12. The summed E-state index contributed by atoms with van der Waals surface area (Å²) < 4.78 is 13.0. The molecule has 0 aliphatic rings. The fourth-order valence-corrected chi connectivity index (χ4v) is 1.54. The number of halogens is 1. The summed E-state index contributed by atoms with van der Waals surface area (Å²) in [6, 6.07) is 3.84. The molecule has 0 bridgehead atoms. The maximum Gasteiger partial charge on any atom is 0.259 e. The van der Waals surface area contributed by atoms with Gasteiger partial charge in [-0.2, -0.15) is 5.10 Å². The molecular formula is C10H6FN5O. The number of rotatable bonds is 1. The van der Waals surface area contributed by atoms with E-state index in [0.717, 1.165) is 6.07 Å². The molecule has 1 aromatic carbocycles. The van der Waals surface area contributed by atoms with Crippen molar-refractivity contribution in [1.29, 1.82) is 0 Å². The van der Waals surface area contributed by atoms with E-state index in [2.05, 4.69) is 25.1 Å². The Labute approximate surface area is 93.6 Å². The molecule has 0 radical (unpaired) electrons. The monoisotopic (exact) mass is 231 g/mol. The number of nitrogens with one attached hydrogen (secondary N) is 2. The highest BCUT2D eigenvalue weighted by Gasteiger charge is 2.08. The predicted octanol–water partition coefficient (Wildman–Crippen LogP) is 0.847. The van der Waals surface area contributed by atoms with E-state index in [-0.39, 0.29) is 11.2 Å². The summed E-state index contributed by atoms with van der Waals surface area (Å²) in [5, 5.41) is 6.46. The van der Waals surface area contributed by atoms with Gasteiger partial charge in [0.2, 0.25) is 0 Å². The van der Waals surface area contributed by atoms with E-state index in [1.807, 2.05) is 0 Å². The molecule has 0 unspecified atom stereocenters. The number of benzene rings is 1. The molecule has 0 spiro atoms. The maximum absolute atomic E-state index is 13.0. The van der Waals surface area contributed by atoms with Gasteiger partial charge < -0.3 is 4.98 Å². The Morgan fingerprint density at radius 3 is 2.88 bits per heavy atom. The molecule has 0 saturated carbocycles. The van der Waals surface area contributed by atoms with Gasteiger partial charge in [-0.05, 0) is 18.2 Å². The zero-order valence-corrected chi connectivity index (χ0v) is 8.44. The van der Waals surface area contributed by atoms with E-state index in [9.17, 15) is 9.18 Å². The van der Waals surface area contributed by atoms with Crippen LogP contribution in [0.2, 0.25) is 0 Å². The van der Waals surface area contributed by atoms with Crippen LogP contribution in [0.4, 0.5) is 4.39 Å². The van der Waals surface area contributed by atoms with E-state index in [1.54, 1.807) is 0 Å². The van der Waals surface area contributed by atoms with E-state index in [1.165, 1.54) is 18.5 Å². The van der Waals surface area contributed by atoms with E-state index < -0.39 is 11.4 Å².